The van der Waals surface area contributed by atoms with Crippen molar-refractivity contribution >= 4 is 11.8 Å². The normalized spacial score (nSPS) is 11.8. The van der Waals surface area contributed by atoms with E-state index in [1.54, 1.807) is 12.1 Å². The Morgan fingerprint density at radius 2 is 2.10 bits per heavy atom. The van der Waals surface area contributed by atoms with E-state index in [0.717, 1.165) is 11.4 Å². The van der Waals surface area contributed by atoms with Gasteiger partial charge in [0.2, 0.25) is 5.16 Å². The third-order valence-corrected chi connectivity index (χ3v) is 3.51. The summed E-state index contributed by atoms with van der Waals surface area (Å²) in [5, 5.41) is 10.6. The topological polar surface area (TPSA) is 53.6 Å². The van der Waals surface area contributed by atoms with Crippen LogP contribution in [0.3, 0.4) is 0 Å². The van der Waals surface area contributed by atoms with Gasteiger partial charge in [0.15, 0.2) is 0 Å². The minimum absolute atomic E-state index is 0.0143. The first kappa shape index (κ1) is 15.0. The van der Waals surface area contributed by atoms with Crippen LogP contribution in [-0.2, 0) is 6.54 Å². The predicted octanol–water partition coefficient (Wildman–Crippen LogP) is 3.29. The molecular weight excluding hydrogens is 275 g/mol. The molecule has 108 valence electrons. The molecular formula is C14H19FN4S. The summed E-state index contributed by atoms with van der Waals surface area (Å²) in [6, 6.07) is 5.25. The van der Waals surface area contributed by atoms with E-state index in [0.29, 0.717) is 16.6 Å². The van der Waals surface area contributed by atoms with Crippen molar-refractivity contribution in [1.82, 2.24) is 20.5 Å². The molecule has 0 aliphatic rings. The summed E-state index contributed by atoms with van der Waals surface area (Å²) in [5.41, 5.74) is 0.938. The van der Waals surface area contributed by atoms with Gasteiger partial charge in [0.05, 0.1) is 4.90 Å². The second-order valence-corrected chi connectivity index (χ2v) is 6.68. The number of hydrogen-bond acceptors (Lipinski definition) is 4. The van der Waals surface area contributed by atoms with Crippen LogP contribution < -0.4 is 5.32 Å². The van der Waals surface area contributed by atoms with Crippen LogP contribution in [0.15, 0.2) is 28.3 Å². The van der Waals surface area contributed by atoms with Crippen LogP contribution in [0.2, 0.25) is 0 Å². The first-order valence-corrected chi connectivity index (χ1v) is 7.25. The molecule has 4 nitrogen and oxygen atoms in total. The second-order valence-electron chi connectivity index (χ2n) is 5.67. The van der Waals surface area contributed by atoms with Gasteiger partial charge in [-0.15, -0.1) is 5.10 Å². The molecule has 0 atom stereocenters. The molecule has 2 aromatic rings. The molecule has 2 rings (SSSR count). The van der Waals surface area contributed by atoms with Gasteiger partial charge in [0, 0.05) is 12.1 Å². The van der Waals surface area contributed by atoms with Gasteiger partial charge in [0.25, 0.3) is 0 Å². The SMILES string of the molecule is Cc1nc(Sc2ccc(CNC(C)(C)C)cc2F)n[nH]1. The van der Waals surface area contributed by atoms with Crippen molar-refractivity contribution in [2.75, 3.05) is 0 Å². The zero-order valence-electron chi connectivity index (χ0n) is 12.1. The Bertz CT molecular complexity index is 589. The fraction of sp³-hybridized carbons (Fsp3) is 0.429. The summed E-state index contributed by atoms with van der Waals surface area (Å²) in [7, 11) is 0. The van der Waals surface area contributed by atoms with E-state index >= 15 is 0 Å². The molecule has 0 spiro atoms. The Balaban J connectivity index is 2.06. The predicted molar refractivity (Wildman–Crippen MR) is 78.2 cm³/mol. The Morgan fingerprint density at radius 3 is 2.65 bits per heavy atom. The Kier molecular flexibility index (Phi) is 4.45. The number of benzene rings is 1. The molecule has 0 bridgehead atoms. The van der Waals surface area contributed by atoms with Crippen molar-refractivity contribution < 1.29 is 4.39 Å². The average molecular weight is 294 g/mol. The minimum Gasteiger partial charge on any atom is -0.308 e. The van der Waals surface area contributed by atoms with Crippen molar-refractivity contribution in [2.45, 2.75) is 49.8 Å². The van der Waals surface area contributed by atoms with Crippen molar-refractivity contribution in [1.29, 1.82) is 0 Å². The molecule has 20 heavy (non-hydrogen) atoms. The lowest BCUT2D eigenvalue weighted by Crippen LogP contribution is -2.35. The number of aryl methyl sites for hydroxylation is 1. The molecule has 1 heterocycles. The first-order valence-electron chi connectivity index (χ1n) is 6.44. The molecule has 0 radical (unpaired) electrons. The highest BCUT2D eigenvalue weighted by molar-refractivity contribution is 7.99. The summed E-state index contributed by atoms with van der Waals surface area (Å²) in [5.74, 6) is 0.476. The van der Waals surface area contributed by atoms with Gasteiger partial charge < -0.3 is 5.32 Å². The van der Waals surface area contributed by atoms with Gasteiger partial charge in [-0.25, -0.2) is 9.37 Å². The third-order valence-electron chi connectivity index (χ3n) is 2.60. The van der Waals surface area contributed by atoms with Crippen LogP contribution in [0.25, 0.3) is 0 Å². The first-order chi connectivity index (χ1) is 9.33. The summed E-state index contributed by atoms with van der Waals surface area (Å²) < 4.78 is 14.0. The number of hydrogen-bond donors (Lipinski definition) is 2. The fourth-order valence-corrected chi connectivity index (χ4v) is 2.33. The van der Waals surface area contributed by atoms with Gasteiger partial charge in [-0.1, -0.05) is 6.07 Å². The second kappa shape index (κ2) is 5.93. The van der Waals surface area contributed by atoms with E-state index in [2.05, 4.69) is 41.3 Å². The molecule has 0 saturated heterocycles. The van der Waals surface area contributed by atoms with Crippen LogP contribution in [0.5, 0.6) is 0 Å². The standard InChI is InChI=1S/C14H19FN4S/c1-9-17-13(19-18-9)20-12-6-5-10(7-11(12)15)8-16-14(2,3)4/h5-7,16H,8H2,1-4H3,(H,17,18,19). The number of aromatic amines is 1. The molecule has 6 heteroatoms. The molecule has 1 aromatic carbocycles. The van der Waals surface area contributed by atoms with Crippen molar-refractivity contribution in [3.8, 4) is 0 Å². The minimum atomic E-state index is -0.245. The van der Waals surface area contributed by atoms with Crippen LogP contribution in [-0.4, -0.2) is 20.7 Å². The van der Waals surface area contributed by atoms with Crippen LogP contribution in [0, 0.1) is 12.7 Å². The highest BCUT2D eigenvalue weighted by Gasteiger charge is 2.11. The van der Waals surface area contributed by atoms with Crippen LogP contribution >= 0.6 is 11.8 Å². The number of nitrogens with one attached hydrogen (secondary N) is 2. The lowest BCUT2D eigenvalue weighted by molar-refractivity contribution is 0.423. The van der Waals surface area contributed by atoms with Crippen molar-refractivity contribution in [3.63, 3.8) is 0 Å². The summed E-state index contributed by atoms with van der Waals surface area (Å²) in [4.78, 5) is 4.69. The van der Waals surface area contributed by atoms with Crippen LogP contribution in [0.4, 0.5) is 4.39 Å². The monoisotopic (exact) mass is 294 g/mol. The number of rotatable bonds is 4. The third kappa shape index (κ3) is 4.31. The van der Waals surface area contributed by atoms with E-state index < -0.39 is 0 Å². The zero-order valence-corrected chi connectivity index (χ0v) is 12.9. The van der Waals surface area contributed by atoms with E-state index in [1.165, 1.54) is 11.8 Å². The fourth-order valence-electron chi connectivity index (χ4n) is 1.57. The van der Waals surface area contributed by atoms with E-state index in [1.807, 2.05) is 13.0 Å². The van der Waals surface area contributed by atoms with Gasteiger partial charge in [0.1, 0.15) is 11.6 Å². The quantitative estimate of drug-likeness (QED) is 0.908. The smallest absolute Gasteiger partial charge is 0.213 e. The Hall–Kier alpha value is -1.40. The lowest BCUT2D eigenvalue weighted by atomic mass is 10.1. The maximum Gasteiger partial charge on any atom is 0.213 e. The Morgan fingerprint density at radius 1 is 1.35 bits per heavy atom. The molecule has 0 unspecified atom stereocenters. The maximum absolute atomic E-state index is 14.0. The van der Waals surface area contributed by atoms with E-state index in [9.17, 15) is 4.39 Å². The number of nitrogens with zero attached hydrogens (tertiary/aromatic N) is 2. The van der Waals surface area contributed by atoms with Gasteiger partial charge in [-0.3, -0.25) is 5.10 Å². The molecule has 0 aliphatic carbocycles. The molecule has 2 N–H and O–H groups in total. The zero-order chi connectivity index (χ0) is 14.8. The molecule has 0 aliphatic heterocycles. The van der Waals surface area contributed by atoms with Gasteiger partial charge in [-0.2, -0.15) is 0 Å². The summed E-state index contributed by atoms with van der Waals surface area (Å²) >= 11 is 1.22. The molecule has 0 fully saturated rings. The van der Waals surface area contributed by atoms with E-state index in [-0.39, 0.29) is 11.4 Å². The largest absolute Gasteiger partial charge is 0.308 e. The molecule has 0 saturated carbocycles. The number of aromatic nitrogens is 3. The summed E-state index contributed by atoms with van der Waals surface area (Å²) in [6.07, 6.45) is 0. The van der Waals surface area contributed by atoms with Crippen LogP contribution in [0.1, 0.15) is 32.2 Å². The highest BCUT2D eigenvalue weighted by Crippen LogP contribution is 2.27. The van der Waals surface area contributed by atoms with Gasteiger partial charge >= 0.3 is 0 Å². The number of H-pyrrole nitrogens is 1. The summed E-state index contributed by atoms with van der Waals surface area (Å²) in [6.45, 7) is 8.71. The highest BCUT2D eigenvalue weighted by atomic mass is 32.2. The van der Waals surface area contributed by atoms with Gasteiger partial charge in [-0.05, 0) is 57.2 Å². The average Bonchev–Trinajstić information content (AvgIpc) is 2.74. The molecule has 0 amide bonds. The van der Waals surface area contributed by atoms with E-state index in [4.69, 9.17) is 0 Å². The van der Waals surface area contributed by atoms with Crippen molar-refractivity contribution in [2.24, 2.45) is 0 Å². The maximum atomic E-state index is 14.0. The molecule has 1 aromatic heterocycles. The lowest BCUT2D eigenvalue weighted by Gasteiger charge is -2.20. The Labute approximate surface area is 122 Å². The van der Waals surface area contributed by atoms with Crippen molar-refractivity contribution in [3.05, 3.63) is 35.4 Å². The number of halogens is 1.